The molecule has 0 aliphatic carbocycles. The van der Waals surface area contributed by atoms with Crippen molar-refractivity contribution in [1.82, 2.24) is 4.90 Å². The number of ether oxygens (including phenoxy) is 2. The molecule has 1 heterocycles. The quantitative estimate of drug-likeness (QED) is 0.666. The predicted molar refractivity (Wildman–Crippen MR) is 117 cm³/mol. The van der Waals surface area contributed by atoms with E-state index in [1.165, 1.54) is 0 Å². The van der Waals surface area contributed by atoms with Crippen molar-refractivity contribution in [3.8, 4) is 5.75 Å². The molecule has 30 heavy (non-hydrogen) atoms. The fourth-order valence-corrected chi connectivity index (χ4v) is 4.29. The van der Waals surface area contributed by atoms with Gasteiger partial charge in [0.25, 0.3) is 5.91 Å². The molecule has 1 saturated heterocycles. The van der Waals surface area contributed by atoms with Crippen LogP contribution in [-0.4, -0.2) is 43.6 Å². The van der Waals surface area contributed by atoms with Gasteiger partial charge in [0, 0.05) is 18.7 Å². The van der Waals surface area contributed by atoms with Crippen molar-refractivity contribution in [3.63, 3.8) is 0 Å². The van der Waals surface area contributed by atoms with Crippen LogP contribution in [0.3, 0.4) is 0 Å². The molecular formula is C25H31NO4. The van der Waals surface area contributed by atoms with Crippen LogP contribution in [0.5, 0.6) is 5.75 Å². The number of carbonyl (C=O) groups excluding carboxylic acids is 2. The Hall–Kier alpha value is -2.82. The SMILES string of the molecule is CCOC(=O)C1(Cc2ccc(OC)cc2)CCN(C(=O)c2cc(C)cc(C)c2)CC1. The number of nitrogens with zero attached hydrogens (tertiary/aromatic N) is 1. The molecule has 0 aromatic heterocycles. The molecule has 0 radical (unpaired) electrons. The maximum Gasteiger partial charge on any atom is 0.312 e. The van der Waals surface area contributed by atoms with Gasteiger partial charge in [-0.3, -0.25) is 9.59 Å². The summed E-state index contributed by atoms with van der Waals surface area (Å²) in [7, 11) is 1.64. The molecule has 0 saturated carbocycles. The smallest absolute Gasteiger partial charge is 0.312 e. The molecule has 3 rings (SSSR count). The van der Waals surface area contributed by atoms with E-state index in [9.17, 15) is 9.59 Å². The molecule has 0 unspecified atom stereocenters. The number of hydrogen-bond donors (Lipinski definition) is 0. The molecule has 0 N–H and O–H groups in total. The highest BCUT2D eigenvalue weighted by atomic mass is 16.5. The minimum Gasteiger partial charge on any atom is -0.497 e. The van der Waals surface area contributed by atoms with Gasteiger partial charge < -0.3 is 14.4 Å². The summed E-state index contributed by atoms with van der Waals surface area (Å²) in [6.07, 6.45) is 1.78. The lowest BCUT2D eigenvalue weighted by atomic mass is 9.73. The first kappa shape index (κ1) is 21.9. The number of esters is 1. The number of carbonyl (C=O) groups is 2. The molecule has 1 aliphatic heterocycles. The molecule has 1 amide bonds. The number of aryl methyl sites for hydroxylation is 2. The first-order valence-corrected chi connectivity index (χ1v) is 10.5. The molecule has 0 spiro atoms. The summed E-state index contributed by atoms with van der Waals surface area (Å²) in [5, 5.41) is 0. The Morgan fingerprint density at radius 2 is 1.60 bits per heavy atom. The van der Waals surface area contributed by atoms with Gasteiger partial charge >= 0.3 is 5.97 Å². The van der Waals surface area contributed by atoms with Crippen molar-refractivity contribution in [2.45, 2.75) is 40.0 Å². The van der Waals surface area contributed by atoms with Gasteiger partial charge in [-0.25, -0.2) is 0 Å². The van der Waals surface area contributed by atoms with Crippen LogP contribution in [-0.2, 0) is 16.0 Å². The summed E-state index contributed by atoms with van der Waals surface area (Å²) in [6, 6.07) is 13.7. The lowest BCUT2D eigenvalue weighted by Crippen LogP contribution is -2.48. The third kappa shape index (κ3) is 4.84. The standard InChI is InChI=1S/C25H31NO4/c1-5-30-24(28)25(17-20-6-8-22(29-4)9-7-20)10-12-26(13-11-25)23(27)21-15-18(2)14-19(3)16-21/h6-9,14-16H,5,10-13,17H2,1-4H3. The number of hydrogen-bond acceptors (Lipinski definition) is 4. The minimum atomic E-state index is -0.607. The van der Waals surface area contributed by atoms with E-state index in [0.717, 1.165) is 22.4 Å². The Kier molecular flexibility index (Phi) is 6.80. The van der Waals surface area contributed by atoms with E-state index < -0.39 is 5.41 Å². The highest BCUT2D eigenvalue weighted by molar-refractivity contribution is 5.95. The van der Waals surface area contributed by atoms with E-state index in [4.69, 9.17) is 9.47 Å². The highest BCUT2D eigenvalue weighted by Crippen LogP contribution is 2.37. The fraction of sp³-hybridized carbons (Fsp3) is 0.440. The van der Waals surface area contributed by atoms with Gasteiger partial charge in [0.2, 0.25) is 0 Å². The minimum absolute atomic E-state index is 0.0312. The second kappa shape index (κ2) is 9.33. The van der Waals surface area contributed by atoms with Gasteiger partial charge in [0.15, 0.2) is 0 Å². The van der Waals surface area contributed by atoms with Gasteiger partial charge in [-0.05, 0) is 69.9 Å². The first-order chi connectivity index (χ1) is 14.4. The Morgan fingerprint density at radius 1 is 1.00 bits per heavy atom. The Labute approximate surface area is 179 Å². The summed E-state index contributed by atoms with van der Waals surface area (Å²) in [6.45, 7) is 7.27. The zero-order valence-corrected chi connectivity index (χ0v) is 18.4. The van der Waals surface area contributed by atoms with Crippen LogP contribution in [0.15, 0.2) is 42.5 Å². The summed E-state index contributed by atoms with van der Waals surface area (Å²) in [4.78, 5) is 27.8. The average molecular weight is 410 g/mol. The van der Waals surface area contributed by atoms with E-state index >= 15 is 0 Å². The molecule has 5 nitrogen and oxygen atoms in total. The van der Waals surface area contributed by atoms with E-state index in [-0.39, 0.29) is 11.9 Å². The van der Waals surface area contributed by atoms with Crippen LogP contribution < -0.4 is 4.74 Å². The number of rotatable bonds is 6. The van der Waals surface area contributed by atoms with Crippen LogP contribution in [0.2, 0.25) is 0 Å². The third-order valence-corrected chi connectivity index (χ3v) is 5.89. The summed E-state index contributed by atoms with van der Waals surface area (Å²) < 4.78 is 10.7. The Morgan fingerprint density at radius 3 is 2.13 bits per heavy atom. The molecule has 0 bridgehead atoms. The van der Waals surface area contributed by atoms with E-state index in [1.807, 2.05) is 62.1 Å². The first-order valence-electron chi connectivity index (χ1n) is 10.5. The average Bonchev–Trinajstić information content (AvgIpc) is 2.74. The van der Waals surface area contributed by atoms with E-state index in [1.54, 1.807) is 7.11 Å². The predicted octanol–water partition coefficient (Wildman–Crippen LogP) is 4.34. The van der Waals surface area contributed by atoms with Crippen LogP contribution in [0.25, 0.3) is 0 Å². The highest BCUT2D eigenvalue weighted by Gasteiger charge is 2.43. The van der Waals surface area contributed by atoms with E-state index in [2.05, 4.69) is 6.07 Å². The molecule has 2 aromatic carbocycles. The van der Waals surface area contributed by atoms with Gasteiger partial charge in [-0.2, -0.15) is 0 Å². The van der Waals surface area contributed by atoms with E-state index in [0.29, 0.717) is 44.5 Å². The van der Waals surface area contributed by atoms with Crippen LogP contribution in [0.1, 0.15) is 46.8 Å². The summed E-state index contributed by atoms with van der Waals surface area (Å²) >= 11 is 0. The number of methoxy groups -OCH3 is 1. The second-order valence-electron chi connectivity index (χ2n) is 8.19. The molecule has 0 atom stereocenters. The molecule has 2 aromatic rings. The lowest BCUT2D eigenvalue weighted by molar-refractivity contribution is -0.158. The Balaban J connectivity index is 1.76. The van der Waals surface area contributed by atoms with Gasteiger partial charge in [-0.15, -0.1) is 0 Å². The van der Waals surface area contributed by atoms with Crippen molar-refractivity contribution in [2.24, 2.45) is 5.41 Å². The maximum absolute atomic E-state index is 13.0. The van der Waals surface area contributed by atoms with Crippen molar-refractivity contribution in [2.75, 3.05) is 26.8 Å². The zero-order valence-electron chi connectivity index (χ0n) is 18.4. The molecular weight excluding hydrogens is 378 g/mol. The number of piperidine rings is 1. The molecule has 1 fully saturated rings. The van der Waals surface area contributed by atoms with Gasteiger partial charge in [0.1, 0.15) is 5.75 Å². The van der Waals surface area contributed by atoms with Crippen molar-refractivity contribution < 1.29 is 19.1 Å². The van der Waals surface area contributed by atoms with Crippen molar-refractivity contribution in [3.05, 3.63) is 64.7 Å². The lowest BCUT2D eigenvalue weighted by Gasteiger charge is -2.40. The second-order valence-corrected chi connectivity index (χ2v) is 8.19. The summed E-state index contributed by atoms with van der Waals surface area (Å²) in [5.74, 6) is 0.654. The largest absolute Gasteiger partial charge is 0.497 e. The number of amides is 1. The molecule has 5 heteroatoms. The fourth-order valence-electron chi connectivity index (χ4n) is 4.29. The van der Waals surface area contributed by atoms with Crippen molar-refractivity contribution in [1.29, 1.82) is 0 Å². The molecule has 1 aliphatic rings. The zero-order chi connectivity index (χ0) is 21.7. The number of likely N-dealkylation sites (tertiary alicyclic amines) is 1. The van der Waals surface area contributed by atoms with Gasteiger partial charge in [0.05, 0.1) is 19.1 Å². The third-order valence-electron chi connectivity index (χ3n) is 5.89. The monoisotopic (exact) mass is 409 g/mol. The topological polar surface area (TPSA) is 55.8 Å². The van der Waals surface area contributed by atoms with Crippen LogP contribution in [0, 0.1) is 19.3 Å². The number of benzene rings is 2. The van der Waals surface area contributed by atoms with Gasteiger partial charge in [-0.1, -0.05) is 29.3 Å². The van der Waals surface area contributed by atoms with Crippen molar-refractivity contribution >= 4 is 11.9 Å². The summed E-state index contributed by atoms with van der Waals surface area (Å²) in [5.41, 5.74) is 3.33. The normalized spacial score (nSPS) is 15.5. The van der Waals surface area contributed by atoms with Crippen LogP contribution in [0.4, 0.5) is 0 Å². The maximum atomic E-state index is 13.0. The molecule has 160 valence electrons. The Bertz CT molecular complexity index is 876. The van der Waals surface area contributed by atoms with Crippen LogP contribution >= 0.6 is 0 Å².